The zero-order valence-electron chi connectivity index (χ0n) is 8.63. The van der Waals surface area contributed by atoms with E-state index in [1.165, 1.54) is 0 Å². The van der Waals surface area contributed by atoms with Crippen LogP contribution in [0.4, 0.5) is 0 Å². The maximum absolute atomic E-state index is 6.15. The first-order chi connectivity index (χ1) is 7.65. The summed E-state index contributed by atoms with van der Waals surface area (Å²) in [7, 11) is 0. The SMILES string of the molecule is CC1=C(CS)C(c2c(Cl)cccc2Cl)NO1. The van der Waals surface area contributed by atoms with Crippen LogP contribution in [-0.2, 0) is 4.84 Å². The maximum atomic E-state index is 6.15. The van der Waals surface area contributed by atoms with Crippen LogP contribution in [0.3, 0.4) is 0 Å². The summed E-state index contributed by atoms with van der Waals surface area (Å²) in [5.74, 6) is 1.43. The van der Waals surface area contributed by atoms with Crippen molar-refractivity contribution in [1.82, 2.24) is 5.48 Å². The highest BCUT2D eigenvalue weighted by atomic mass is 35.5. The Kier molecular flexibility index (Phi) is 3.70. The van der Waals surface area contributed by atoms with Crippen molar-refractivity contribution in [2.45, 2.75) is 13.0 Å². The highest BCUT2D eigenvalue weighted by molar-refractivity contribution is 7.80. The van der Waals surface area contributed by atoms with E-state index in [4.69, 9.17) is 28.0 Å². The highest BCUT2D eigenvalue weighted by Crippen LogP contribution is 2.38. The molecule has 16 heavy (non-hydrogen) atoms. The van der Waals surface area contributed by atoms with Gasteiger partial charge in [-0.2, -0.15) is 12.6 Å². The predicted molar refractivity (Wildman–Crippen MR) is 70.0 cm³/mol. The number of halogens is 2. The van der Waals surface area contributed by atoms with Gasteiger partial charge in [-0.15, -0.1) is 5.48 Å². The molecule has 0 radical (unpaired) electrons. The molecule has 1 aromatic carbocycles. The zero-order valence-corrected chi connectivity index (χ0v) is 11.0. The number of thiol groups is 1. The van der Waals surface area contributed by atoms with Gasteiger partial charge in [0.2, 0.25) is 0 Å². The molecule has 1 aliphatic heterocycles. The monoisotopic (exact) mass is 275 g/mol. The van der Waals surface area contributed by atoms with Crippen molar-refractivity contribution >= 4 is 35.8 Å². The fourth-order valence-corrected chi connectivity index (χ4v) is 2.73. The van der Waals surface area contributed by atoms with Gasteiger partial charge >= 0.3 is 0 Å². The first kappa shape index (κ1) is 12.1. The summed E-state index contributed by atoms with van der Waals surface area (Å²) < 4.78 is 0. The third kappa shape index (κ3) is 2.05. The van der Waals surface area contributed by atoms with Crippen LogP contribution < -0.4 is 5.48 Å². The summed E-state index contributed by atoms with van der Waals surface area (Å²) in [4.78, 5) is 5.30. The number of rotatable bonds is 2. The van der Waals surface area contributed by atoms with Crippen molar-refractivity contribution in [2.24, 2.45) is 0 Å². The number of benzene rings is 1. The van der Waals surface area contributed by atoms with Crippen molar-refractivity contribution < 1.29 is 4.84 Å². The highest BCUT2D eigenvalue weighted by Gasteiger charge is 2.28. The Balaban J connectivity index is 2.46. The van der Waals surface area contributed by atoms with E-state index in [9.17, 15) is 0 Å². The molecule has 1 aliphatic rings. The van der Waals surface area contributed by atoms with Gasteiger partial charge in [0.25, 0.3) is 0 Å². The molecule has 2 rings (SSSR count). The Morgan fingerprint density at radius 3 is 2.56 bits per heavy atom. The summed E-state index contributed by atoms with van der Waals surface area (Å²) >= 11 is 16.6. The molecule has 0 bridgehead atoms. The van der Waals surface area contributed by atoms with E-state index >= 15 is 0 Å². The van der Waals surface area contributed by atoms with E-state index in [-0.39, 0.29) is 6.04 Å². The molecule has 1 atom stereocenters. The summed E-state index contributed by atoms with van der Waals surface area (Å²) in [6, 6.07) is 5.34. The summed E-state index contributed by atoms with van der Waals surface area (Å²) in [6.07, 6.45) is 0. The first-order valence-electron chi connectivity index (χ1n) is 4.82. The Morgan fingerprint density at radius 1 is 1.38 bits per heavy atom. The largest absolute Gasteiger partial charge is 0.413 e. The van der Waals surface area contributed by atoms with Crippen molar-refractivity contribution in [3.63, 3.8) is 0 Å². The Labute approximate surface area is 110 Å². The molecule has 1 aromatic rings. The lowest BCUT2D eigenvalue weighted by Crippen LogP contribution is -2.16. The predicted octanol–water partition coefficient (Wildman–Crippen LogP) is 3.77. The van der Waals surface area contributed by atoms with E-state index < -0.39 is 0 Å². The molecule has 0 fully saturated rings. The van der Waals surface area contributed by atoms with Gasteiger partial charge in [-0.3, -0.25) is 0 Å². The lowest BCUT2D eigenvalue weighted by Gasteiger charge is -2.15. The van der Waals surface area contributed by atoms with Crippen LogP contribution in [0.5, 0.6) is 0 Å². The summed E-state index contributed by atoms with van der Waals surface area (Å²) in [6.45, 7) is 1.89. The van der Waals surface area contributed by atoms with Gasteiger partial charge in [-0.1, -0.05) is 29.3 Å². The molecule has 1 heterocycles. The maximum Gasteiger partial charge on any atom is 0.123 e. The van der Waals surface area contributed by atoms with Crippen LogP contribution in [0.2, 0.25) is 10.0 Å². The lowest BCUT2D eigenvalue weighted by molar-refractivity contribution is 0.118. The molecule has 0 aromatic heterocycles. The molecule has 0 amide bonds. The van der Waals surface area contributed by atoms with Gasteiger partial charge in [-0.05, 0) is 19.1 Å². The minimum absolute atomic E-state index is 0.112. The van der Waals surface area contributed by atoms with Gasteiger partial charge < -0.3 is 4.84 Å². The Bertz CT molecular complexity index is 427. The second-order valence-electron chi connectivity index (χ2n) is 3.53. The van der Waals surface area contributed by atoms with E-state index in [0.717, 1.165) is 16.9 Å². The normalized spacial score (nSPS) is 20.1. The molecule has 0 saturated heterocycles. The van der Waals surface area contributed by atoms with Gasteiger partial charge in [0, 0.05) is 26.9 Å². The minimum atomic E-state index is -0.112. The number of allylic oxidation sites excluding steroid dienone is 1. The molecule has 2 nitrogen and oxygen atoms in total. The average Bonchev–Trinajstić information content (AvgIpc) is 2.59. The molecule has 0 spiro atoms. The molecular weight excluding hydrogens is 265 g/mol. The topological polar surface area (TPSA) is 21.3 Å². The van der Waals surface area contributed by atoms with Crippen LogP contribution in [0.25, 0.3) is 0 Å². The Hall–Kier alpha value is -0.350. The van der Waals surface area contributed by atoms with E-state index in [2.05, 4.69) is 18.1 Å². The van der Waals surface area contributed by atoms with Gasteiger partial charge in [0.15, 0.2) is 0 Å². The van der Waals surface area contributed by atoms with Crippen molar-refractivity contribution in [3.05, 3.63) is 45.1 Å². The molecule has 0 aliphatic carbocycles. The summed E-state index contributed by atoms with van der Waals surface area (Å²) in [5, 5.41) is 1.25. The first-order valence-corrected chi connectivity index (χ1v) is 6.20. The minimum Gasteiger partial charge on any atom is -0.413 e. The third-order valence-corrected chi connectivity index (χ3v) is 3.59. The van der Waals surface area contributed by atoms with Crippen LogP contribution in [-0.4, -0.2) is 5.75 Å². The van der Waals surface area contributed by atoms with Crippen LogP contribution >= 0.6 is 35.8 Å². The Morgan fingerprint density at radius 2 is 2.00 bits per heavy atom. The summed E-state index contributed by atoms with van der Waals surface area (Å²) in [5.41, 5.74) is 4.81. The zero-order chi connectivity index (χ0) is 11.7. The number of nitrogens with one attached hydrogen (secondary N) is 1. The second kappa shape index (κ2) is 4.88. The van der Waals surface area contributed by atoms with Gasteiger partial charge in [0.1, 0.15) is 5.76 Å². The van der Waals surface area contributed by atoms with Gasteiger partial charge in [-0.25, -0.2) is 0 Å². The second-order valence-corrected chi connectivity index (χ2v) is 4.66. The fourth-order valence-electron chi connectivity index (χ4n) is 1.71. The molecule has 0 saturated carbocycles. The van der Waals surface area contributed by atoms with Crippen LogP contribution in [0, 0.1) is 0 Å². The van der Waals surface area contributed by atoms with Crippen LogP contribution in [0.15, 0.2) is 29.5 Å². The molecular formula is C11H11Cl2NOS. The van der Waals surface area contributed by atoms with E-state index in [1.54, 1.807) is 0 Å². The number of hydrogen-bond donors (Lipinski definition) is 2. The van der Waals surface area contributed by atoms with Crippen molar-refractivity contribution in [1.29, 1.82) is 0 Å². The quantitative estimate of drug-likeness (QED) is 0.802. The van der Waals surface area contributed by atoms with Gasteiger partial charge in [0.05, 0.1) is 6.04 Å². The van der Waals surface area contributed by atoms with E-state index in [1.807, 2.05) is 25.1 Å². The standard InChI is InChI=1S/C11H11Cl2NOS/c1-6-7(5-16)11(14-15-6)10-8(12)3-2-4-9(10)13/h2-4,11,14,16H,5H2,1H3. The smallest absolute Gasteiger partial charge is 0.123 e. The fraction of sp³-hybridized carbons (Fsp3) is 0.273. The lowest BCUT2D eigenvalue weighted by atomic mass is 10.0. The van der Waals surface area contributed by atoms with Crippen molar-refractivity contribution in [2.75, 3.05) is 5.75 Å². The molecule has 5 heteroatoms. The van der Waals surface area contributed by atoms with E-state index in [0.29, 0.717) is 15.8 Å². The molecule has 1 unspecified atom stereocenters. The van der Waals surface area contributed by atoms with Crippen molar-refractivity contribution in [3.8, 4) is 0 Å². The molecule has 1 N–H and O–H groups in total. The van der Waals surface area contributed by atoms with Crippen LogP contribution in [0.1, 0.15) is 18.5 Å². The molecule has 86 valence electrons. The number of hydroxylamine groups is 1. The third-order valence-electron chi connectivity index (χ3n) is 2.59. The number of hydrogen-bond acceptors (Lipinski definition) is 3. The average molecular weight is 276 g/mol.